The number of benzene rings is 2. The smallest absolute Gasteiger partial charge is 0.163 e. The van der Waals surface area contributed by atoms with Gasteiger partial charge in [-0.2, -0.15) is 0 Å². The number of aliphatic hydroxyl groups excluding tert-OH is 2. The second-order valence-corrected chi connectivity index (χ2v) is 7.64. The molecule has 6 heteroatoms. The van der Waals surface area contributed by atoms with Crippen LogP contribution in [-0.4, -0.2) is 53.6 Å². The lowest BCUT2D eigenvalue weighted by Crippen LogP contribution is -2.50. The molecule has 3 rings (SSSR count). The predicted molar refractivity (Wildman–Crippen MR) is 108 cm³/mol. The van der Waals surface area contributed by atoms with Crippen LogP contribution in [0, 0.1) is 0 Å². The Morgan fingerprint density at radius 2 is 1.52 bits per heavy atom. The molecule has 1 saturated heterocycles. The molecular weight excluding hydrogens is 372 g/mol. The highest BCUT2D eigenvalue weighted by Gasteiger charge is 2.43. The van der Waals surface area contributed by atoms with E-state index >= 15 is 0 Å². The summed E-state index contributed by atoms with van der Waals surface area (Å²) in [5, 5.41) is 20.1. The van der Waals surface area contributed by atoms with Crippen molar-refractivity contribution in [3.63, 3.8) is 0 Å². The molecule has 0 spiro atoms. The van der Waals surface area contributed by atoms with Crippen molar-refractivity contribution >= 4 is 0 Å². The van der Waals surface area contributed by atoms with Crippen LogP contribution in [-0.2, 0) is 32.2 Å². The summed E-state index contributed by atoms with van der Waals surface area (Å²) in [5.74, 6) is -0.743. The van der Waals surface area contributed by atoms with Gasteiger partial charge in [-0.1, -0.05) is 60.7 Å². The number of hydrogen-bond acceptors (Lipinski definition) is 6. The first-order valence-electron chi connectivity index (χ1n) is 9.90. The fourth-order valence-corrected chi connectivity index (χ4v) is 3.35. The lowest BCUT2D eigenvalue weighted by Gasteiger charge is -2.33. The van der Waals surface area contributed by atoms with Gasteiger partial charge in [-0.15, -0.1) is 0 Å². The monoisotopic (exact) mass is 402 g/mol. The molecule has 0 amide bonds. The molecule has 4 atom stereocenters. The standard InChI is InChI=1S/C23H30O6/c1-23(2)28-16-20(29-23)22(27-15-18-11-7-4-8-12-18)21(19(25)13-24)26-14-17-9-5-3-6-10-17/h3-12,19-22,24-25H,13-16H2,1-2H3/t19-,20+,21-,22+/m1/s1. The third kappa shape index (κ3) is 6.34. The molecule has 1 heterocycles. The van der Waals surface area contributed by atoms with Crippen molar-refractivity contribution in [2.45, 2.75) is 57.3 Å². The van der Waals surface area contributed by atoms with Crippen molar-refractivity contribution in [1.29, 1.82) is 0 Å². The molecule has 0 aliphatic carbocycles. The normalized spacial score (nSPS) is 21.6. The van der Waals surface area contributed by atoms with E-state index in [-0.39, 0.29) is 6.61 Å². The number of ether oxygens (including phenoxy) is 4. The van der Waals surface area contributed by atoms with Crippen LogP contribution in [0.25, 0.3) is 0 Å². The maximum Gasteiger partial charge on any atom is 0.163 e. The van der Waals surface area contributed by atoms with Crippen molar-refractivity contribution in [2.24, 2.45) is 0 Å². The largest absolute Gasteiger partial charge is 0.394 e. The number of hydrogen-bond donors (Lipinski definition) is 2. The van der Waals surface area contributed by atoms with Gasteiger partial charge in [0.1, 0.15) is 24.4 Å². The highest BCUT2D eigenvalue weighted by Crippen LogP contribution is 2.29. The zero-order chi connectivity index (χ0) is 20.7. The Balaban J connectivity index is 1.76. The fourth-order valence-electron chi connectivity index (χ4n) is 3.35. The summed E-state index contributed by atoms with van der Waals surface area (Å²) in [4.78, 5) is 0. The van der Waals surface area contributed by atoms with Gasteiger partial charge in [0, 0.05) is 0 Å². The topological polar surface area (TPSA) is 77.4 Å². The molecule has 0 saturated carbocycles. The van der Waals surface area contributed by atoms with E-state index in [9.17, 15) is 10.2 Å². The van der Waals surface area contributed by atoms with Gasteiger partial charge < -0.3 is 29.2 Å². The molecule has 1 aliphatic rings. The van der Waals surface area contributed by atoms with Crippen molar-refractivity contribution < 1.29 is 29.2 Å². The highest BCUT2D eigenvalue weighted by molar-refractivity contribution is 5.14. The SMILES string of the molecule is CC1(C)OC[C@@H]([C@H](OCc2ccccc2)[C@H](OCc2ccccc2)[C@H](O)CO)O1. The van der Waals surface area contributed by atoms with Gasteiger partial charge in [-0.05, 0) is 25.0 Å². The molecular formula is C23H30O6. The third-order valence-electron chi connectivity index (χ3n) is 4.86. The van der Waals surface area contributed by atoms with Crippen LogP contribution in [0.4, 0.5) is 0 Å². The van der Waals surface area contributed by atoms with Crippen LogP contribution in [0.5, 0.6) is 0 Å². The second-order valence-electron chi connectivity index (χ2n) is 7.64. The Kier molecular flexibility index (Phi) is 7.77. The van der Waals surface area contributed by atoms with Gasteiger partial charge in [0.25, 0.3) is 0 Å². The first-order chi connectivity index (χ1) is 14.0. The maximum absolute atomic E-state index is 10.5. The number of aliphatic hydroxyl groups is 2. The Morgan fingerprint density at radius 1 is 0.966 bits per heavy atom. The zero-order valence-corrected chi connectivity index (χ0v) is 16.9. The van der Waals surface area contributed by atoms with Crippen LogP contribution in [0.2, 0.25) is 0 Å². The lowest BCUT2D eigenvalue weighted by molar-refractivity contribution is -0.197. The zero-order valence-electron chi connectivity index (χ0n) is 16.9. The fraction of sp³-hybridized carbons (Fsp3) is 0.478. The van der Waals surface area contributed by atoms with E-state index in [1.165, 1.54) is 0 Å². The first kappa shape index (κ1) is 21.9. The van der Waals surface area contributed by atoms with E-state index in [0.717, 1.165) is 11.1 Å². The quantitative estimate of drug-likeness (QED) is 0.636. The van der Waals surface area contributed by atoms with E-state index in [1.807, 2.05) is 74.5 Å². The Bertz CT molecular complexity index is 721. The summed E-state index contributed by atoms with van der Waals surface area (Å²) >= 11 is 0. The lowest BCUT2D eigenvalue weighted by atomic mass is 10.0. The van der Waals surface area contributed by atoms with E-state index < -0.39 is 36.8 Å². The van der Waals surface area contributed by atoms with Crippen LogP contribution < -0.4 is 0 Å². The van der Waals surface area contributed by atoms with E-state index in [0.29, 0.717) is 13.2 Å². The van der Waals surface area contributed by atoms with Crippen LogP contribution >= 0.6 is 0 Å². The van der Waals surface area contributed by atoms with E-state index in [1.54, 1.807) is 0 Å². The van der Waals surface area contributed by atoms with Crippen LogP contribution in [0.15, 0.2) is 60.7 Å². The molecule has 1 fully saturated rings. The van der Waals surface area contributed by atoms with Gasteiger partial charge in [0.15, 0.2) is 5.79 Å². The Morgan fingerprint density at radius 3 is 2.00 bits per heavy atom. The van der Waals surface area contributed by atoms with Crippen LogP contribution in [0.3, 0.4) is 0 Å². The Labute approximate surface area is 172 Å². The molecule has 2 aromatic rings. The van der Waals surface area contributed by atoms with Crippen molar-refractivity contribution in [2.75, 3.05) is 13.2 Å². The maximum atomic E-state index is 10.5. The number of rotatable bonds is 10. The second kappa shape index (κ2) is 10.3. The molecule has 6 nitrogen and oxygen atoms in total. The van der Waals surface area contributed by atoms with Gasteiger partial charge >= 0.3 is 0 Å². The van der Waals surface area contributed by atoms with Gasteiger partial charge in [0.05, 0.1) is 26.4 Å². The molecule has 29 heavy (non-hydrogen) atoms. The van der Waals surface area contributed by atoms with Crippen LogP contribution in [0.1, 0.15) is 25.0 Å². The minimum atomic E-state index is -1.12. The third-order valence-corrected chi connectivity index (χ3v) is 4.86. The minimum absolute atomic E-state index is 0.282. The van der Waals surface area contributed by atoms with Gasteiger partial charge in [-0.3, -0.25) is 0 Å². The Hall–Kier alpha value is -1.80. The molecule has 0 aromatic heterocycles. The molecule has 0 unspecified atom stereocenters. The summed E-state index contributed by atoms with van der Waals surface area (Å²) in [7, 11) is 0. The highest BCUT2D eigenvalue weighted by atomic mass is 16.8. The molecule has 0 radical (unpaired) electrons. The predicted octanol–water partition coefficient (Wildman–Crippen LogP) is 2.66. The van der Waals surface area contributed by atoms with E-state index in [4.69, 9.17) is 18.9 Å². The van der Waals surface area contributed by atoms with Crippen molar-refractivity contribution in [3.8, 4) is 0 Å². The minimum Gasteiger partial charge on any atom is -0.394 e. The average molecular weight is 402 g/mol. The summed E-state index contributed by atoms with van der Waals surface area (Å²) < 4.78 is 23.9. The molecule has 2 N–H and O–H groups in total. The molecule has 0 bridgehead atoms. The molecule has 1 aliphatic heterocycles. The summed E-state index contributed by atoms with van der Waals surface area (Å²) in [5.41, 5.74) is 1.96. The summed E-state index contributed by atoms with van der Waals surface area (Å²) in [6.45, 7) is 4.16. The summed E-state index contributed by atoms with van der Waals surface area (Å²) in [6.07, 6.45) is -2.96. The van der Waals surface area contributed by atoms with Gasteiger partial charge in [0.2, 0.25) is 0 Å². The summed E-state index contributed by atoms with van der Waals surface area (Å²) in [6, 6.07) is 19.4. The molecule has 2 aromatic carbocycles. The van der Waals surface area contributed by atoms with Crippen molar-refractivity contribution in [3.05, 3.63) is 71.8 Å². The van der Waals surface area contributed by atoms with E-state index in [2.05, 4.69) is 0 Å². The average Bonchev–Trinajstić information content (AvgIpc) is 3.10. The first-order valence-corrected chi connectivity index (χ1v) is 9.90. The molecule has 158 valence electrons. The van der Waals surface area contributed by atoms with Gasteiger partial charge in [-0.25, -0.2) is 0 Å². The van der Waals surface area contributed by atoms with Crippen molar-refractivity contribution in [1.82, 2.24) is 0 Å².